The zero-order chi connectivity index (χ0) is 18.4. The number of nitrogens with one attached hydrogen (secondary N) is 1. The zero-order valence-electron chi connectivity index (χ0n) is 15.6. The standard InChI is InChI=1S/C20H29N3O3/c1-2-16-5-3-7-18(13-16)21-19(24)15-22-8-4-6-17(14-22)20(25)23-9-11-26-12-10-23/h3,5,7,13,17H,2,4,6,8-12,14-15H2,1H3,(H,21,24). The normalized spacial score (nSPS) is 21.4. The van der Waals surface area contributed by atoms with Gasteiger partial charge in [-0.15, -0.1) is 0 Å². The molecule has 0 bridgehead atoms. The average molecular weight is 359 g/mol. The summed E-state index contributed by atoms with van der Waals surface area (Å²) in [5.74, 6) is 0.199. The molecule has 142 valence electrons. The number of anilines is 1. The van der Waals surface area contributed by atoms with E-state index in [-0.39, 0.29) is 17.7 Å². The Morgan fingerprint density at radius 1 is 1.23 bits per heavy atom. The van der Waals surface area contributed by atoms with Crippen LogP contribution in [0.3, 0.4) is 0 Å². The summed E-state index contributed by atoms with van der Waals surface area (Å²) in [4.78, 5) is 29.1. The van der Waals surface area contributed by atoms with Crippen LogP contribution in [-0.4, -0.2) is 67.6 Å². The van der Waals surface area contributed by atoms with E-state index >= 15 is 0 Å². The van der Waals surface area contributed by atoms with Crippen LogP contribution >= 0.6 is 0 Å². The lowest BCUT2D eigenvalue weighted by Gasteiger charge is -2.35. The lowest BCUT2D eigenvalue weighted by Crippen LogP contribution is -2.49. The molecule has 2 saturated heterocycles. The molecule has 0 aliphatic carbocycles. The summed E-state index contributed by atoms with van der Waals surface area (Å²) in [6, 6.07) is 7.95. The summed E-state index contributed by atoms with van der Waals surface area (Å²) < 4.78 is 5.33. The van der Waals surface area contributed by atoms with Gasteiger partial charge in [0.25, 0.3) is 0 Å². The van der Waals surface area contributed by atoms with Gasteiger partial charge in [0.05, 0.1) is 25.7 Å². The zero-order valence-corrected chi connectivity index (χ0v) is 15.6. The van der Waals surface area contributed by atoms with Gasteiger partial charge in [-0.1, -0.05) is 19.1 Å². The van der Waals surface area contributed by atoms with E-state index in [0.717, 1.165) is 31.5 Å². The number of aryl methyl sites for hydroxylation is 1. The quantitative estimate of drug-likeness (QED) is 0.870. The van der Waals surface area contributed by atoms with Crippen molar-refractivity contribution in [3.8, 4) is 0 Å². The Morgan fingerprint density at radius 3 is 2.81 bits per heavy atom. The van der Waals surface area contributed by atoms with Gasteiger partial charge < -0.3 is 15.0 Å². The maximum Gasteiger partial charge on any atom is 0.238 e. The first-order chi connectivity index (χ1) is 12.7. The van der Waals surface area contributed by atoms with Gasteiger partial charge in [0.1, 0.15) is 0 Å². The fraction of sp³-hybridized carbons (Fsp3) is 0.600. The van der Waals surface area contributed by atoms with Crippen LogP contribution in [-0.2, 0) is 20.7 Å². The number of ether oxygens (including phenoxy) is 1. The third-order valence-electron chi connectivity index (χ3n) is 5.16. The van der Waals surface area contributed by atoms with Crippen LogP contribution in [0.1, 0.15) is 25.3 Å². The SMILES string of the molecule is CCc1cccc(NC(=O)CN2CCCC(C(=O)N3CCOCC3)C2)c1. The minimum atomic E-state index is -0.0160. The van der Waals surface area contributed by atoms with Gasteiger partial charge in [-0.2, -0.15) is 0 Å². The van der Waals surface area contributed by atoms with Crippen LogP contribution in [0.5, 0.6) is 0 Å². The summed E-state index contributed by atoms with van der Waals surface area (Å²) in [5, 5.41) is 2.98. The fourth-order valence-electron chi connectivity index (χ4n) is 3.72. The molecule has 2 aliphatic heterocycles. The Kier molecular flexibility index (Phi) is 6.63. The van der Waals surface area contributed by atoms with E-state index in [1.54, 1.807) is 0 Å². The third-order valence-corrected chi connectivity index (χ3v) is 5.16. The molecule has 6 nitrogen and oxygen atoms in total. The van der Waals surface area contributed by atoms with Crippen LogP contribution in [0.2, 0.25) is 0 Å². The summed E-state index contributed by atoms with van der Waals surface area (Å²) >= 11 is 0. The molecule has 1 aromatic rings. The number of piperidine rings is 1. The maximum absolute atomic E-state index is 12.7. The summed E-state index contributed by atoms with van der Waals surface area (Å²) in [6.45, 7) is 6.59. The second-order valence-electron chi connectivity index (χ2n) is 7.11. The fourth-order valence-corrected chi connectivity index (χ4v) is 3.72. The highest BCUT2D eigenvalue weighted by Crippen LogP contribution is 2.20. The molecule has 1 N–H and O–H groups in total. The molecule has 0 spiro atoms. The Labute approximate surface area is 155 Å². The molecule has 1 unspecified atom stereocenters. The van der Waals surface area contributed by atoms with Crippen LogP contribution in [0.4, 0.5) is 5.69 Å². The van der Waals surface area contributed by atoms with Gasteiger partial charge in [-0.05, 0) is 43.5 Å². The topological polar surface area (TPSA) is 61.9 Å². The molecule has 26 heavy (non-hydrogen) atoms. The van der Waals surface area contributed by atoms with Crippen LogP contribution in [0.15, 0.2) is 24.3 Å². The van der Waals surface area contributed by atoms with E-state index in [9.17, 15) is 9.59 Å². The van der Waals surface area contributed by atoms with E-state index in [1.807, 2.05) is 23.1 Å². The highest BCUT2D eigenvalue weighted by molar-refractivity contribution is 5.92. The molecule has 6 heteroatoms. The number of nitrogens with zero attached hydrogens (tertiary/aromatic N) is 2. The minimum absolute atomic E-state index is 0.00179. The van der Waals surface area contributed by atoms with Crippen LogP contribution in [0, 0.1) is 5.92 Å². The first-order valence-corrected chi connectivity index (χ1v) is 9.63. The average Bonchev–Trinajstić information content (AvgIpc) is 2.68. The van der Waals surface area contributed by atoms with Crippen molar-refractivity contribution in [3.05, 3.63) is 29.8 Å². The van der Waals surface area contributed by atoms with E-state index in [0.29, 0.717) is 39.4 Å². The van der Waals surface area contributed by atoms with E-state index < -0.39 is 0 Å². The number of hydrogen-bond acceptors (Lipinski definition) is 4. The van der Waals surface area contributed by atoms with E-state index in [4.69, 9.17) is 4.74 Å². The number of carbonyl (C=O) groups excluding carboxylic acids is 2. The van der Waals surface area contributed by atoms with E-state index in [2.05, 4.69) is 23.2 Å². The minimum Gasteiger partial charge on any atom is -0.378 e. The molecular formula is C20H29N3O3. The lowest BCUT2D eigenvalue weighted by atomic mass is 9.96. The highest BCUT2D eigenvalue weighted by atomic mass is 16.5. The van der Waals surface area contributed by atoms with Crippen molar-refractivity contribution in [2.75, 3.05) is 51.3 Å². The first kappa shape index (κ1) is 18.9. The lowest BCUT2D eigenvalue weighted by molar-refractivity contribution is -0.141. The molecule has 1 aromatic carbocycles. The highest BCUT2D eigenvalue weighted by Gasteiger charge is 2.30. The predicted molar refractivity (Wildman–Crippen MR) is 101 cm³/mol. The second-order valence-corrected chi connectivity index (χ2v) is 7.11. The summed E-state index contributed by atoms with van der Waals surface area (Å²) in [7, 11) is 0. The summed E-state index contributed by atoms with van der Waals surface area (Å²) in [5.41, 5.74) is 2.05. The number of benzene rings is 1. The van der Waals surface area contributed by atoms with Gasteiger partial charge in [0.15, 0.2) is 0 Å². The molecule has 2 aliphatic rings. The smallest absolute Gasteiger partial charge is 0.238 e. The largest absolute Gasteiger partial charge is 0.378 e. The number of morpholine rings is 1. The van der Waals surface area contributed by atoms with Gasteiger partial charge in [-0.25, -0.2) is 0 Å². The Morgan fingerprint density at radius 2 is 2.04 bits per heavy atom. The van der Waals surface area contributed by atoms with Crippen molar-refractivity contribution in [3.63, 3.8) is 0 Å². The Balaban J connectivity index is 1.50. The predicted octanol–water partition coefficient (Wildman–Crippen LogP) is 1.76. The monoisotopic (exact) mass is 359 g/mol. The van der Waals surface area contributed by atoms with Crippen LogP contribution in [0.25, 0.3) is 0 Å². The van der Waals surface area contributed by atoms with Gasteiger partial charge in [0.2, 0.25) is 11.8 Å². The molecule has 0 saturated carbocycles. The van der Waals surface area contributed by atoms with Crippen molar-refractivity contribution in [2.45, 2.75) is 26.2 Å². The molecule has 2 fully saturated rings. The Bertz CT molecular complexity index is 628. The Hall–Kier alpha value is -1.92. The molecule has 0 aromatic heterocycles. The first-order valence-electron chi connectivity index (χ1n) is 9.63. The van der Waals surface area contributed by atoms with Crippen molar-refractivity contribution in [1.29, 1.82) is 0 Å². The van der Waals surface area contributed by atoms with Crippen molar-refractivity contribution >= 4 is 17.5 Å². The molecule has 2 heterocycles. The van der Waals surface area contributed by atoms with Gasteiger partial charge in [-0.3, -0.25) is 14.5 Å². The molecule has 1 atom stereocenters. The third kappa shape index (κ3) is 5.05. The molecule has 0 radical (unpaired) electrons. The number of hydrogen-bond donors (Lipinski definition) is 1. The van der Waals surface area contributed by atoms with Crippen molar-refractivity contribution in [1.82, 2.24) is 9.80 Å². The maximum atomic E-state index is 12.7. The van der Waals surface area contributed by atoms with Gasteiger partial charge >= 0.3 is 0 Å². The molecule has 3 rings (SSSR count). The molecular weight excluding hydrogens is 330 g/mol. The number of amides is 2. The molecule has 2 amide bonds. The number of carbonyl (C=O) groups is 2. The number of likely N-dealkylation sites (tertiary alicyclic amines) is 1. The number of rotatable bonds is 5. The van der Waals surface area contributed by atoms with Gasteiger partial charge in [0, 0.05) is 25.3 Å². The van der Waals surface area contributed by atoms with Crippen molar-refractivity contribution < 1.29 is 14.3 Å². The second kappa shape index (κ2) is 9.14. The summed E-state index contributed by atoms with van der Waals surface area (Å²) in [6.07, 6.45) is 2.81. The van der Waals surface area contributed by atoms with Crippen molar-refractivity contribution in [2.24, 2.45) is 5.92 Å². The van der Waals surface area contributed by atoms with E-state index in [1.165, 1.54) is 5.56 Å². The van der Waals surface area contributed by atoms with Crippen LogP contribution < -0.4 is 5.32 Å².